The molecule has 0 N–H and O–H groups in total. The Morgan fingerprint density at radius 1 is 1.24 bits per heavy atom. The number of imidazole rings is 1. The molecular weight excluding hydrogens is 362 g/mol. The molecule has 1 fully saturated rings. The number of aryl methyl sites for hydroxylation is 1. The van der Waals surface area contributed by atoms with E-state index in [1.165, 1.54) is 5.56 Å². The van der Waals surface area contributed by atoms with Gasteiger partial charge in [-0.15, -0.1) is 0 Å². The van der Waals surface area contributed by atoms with Gasteiger partial charge in [0.15, 0.2) is 0 Å². The number of pyridine rings is 1. The minimum absolute atomic E-state index is 0.115. The Kier molecular flexibility index (Phi) is 5.56. The van der Waals surface area contributed by atoms with Gasteiger partial charge in [0, 0.05) is 43.4 Å². The topological polar surface area (TPSA) is 46.8 Å². The highest BCUT2D eigenvalue weighted by Crippen LogP contribution is 2.35. The van der Waals surface area contributed by atoms with Gasteiger partial charge in [0.1, 0.15) is 11.4 Å². The van der Waals surface area contributed by atoms with E-state index in [1.54, 1.807) is 7.11 Å². The van der Waals surface area contributed by atoms with E-state index in [0.717, 1.165) is 48.6 Å². The van der Waals surface area contributed by atoms with Crippen molar-refractivity contribution < 1.29 is 9.53 Å². The van der Waals surface area contributed by atoms with Gasteiger partial charge in [-0.25, -0.2) is 4.98 Å². The molecule has 2 aromatic heterocycles. The first-order valence-electron chi connectivity index (χ1n) is 10.4. The number of aromatic nitrogens is 2. The molecule has 1 amide bonds. The Morgan fingerprint density at radius 2 is 2.00 bits per heavy atom. The van der Waals surface area contributed by atoms with E-state index in [4.69, 9.17) is 4.74 Å². The lowest BCUT2D eigenvalue weighted by Crippen LogP contribution is -2.38. The number of likely N-dealkylation sites (tertiary alicyclic amines) is 1. The molecule has 4 rings (SSSR count). The van der Waals surface area contributed by atoms with Crippen LogP contribution in [0.1, 0.15) is 48.9 Å². The number of hydrogen-bond acceptors (Lipinski definition) is 3. The largest absolute Gasteiger partial charge is 0.496 e. The summed E-state index contributed by atoms with van der Waals surface area (Å²) in [6.45, 7) is 6.03. The number of carbonyl (C=O) groups is 1. The Labute approximate surface area is 172 Å². The second kappa shape index (κ2) is 8.27. The van der Waals surface area contributed by atoms with Crippen LogP contribution in [0.15, 0.2) is 48.8 Å². The maximum atomic E-state index is 13.2. The molecule has 1 saturated heterocycles. The molecule has 0 spiro atoms. The zero-order valence-electron chi connectivity index (χ0n) is 17.5. The minimum Gasteiger partial charge on any atom is -0.496 e. The predicted molar refractivity (Wildman–Crippen MR) is 114 cm³/mol. The summed E-state index contributed by atoms with van der Waals surface area (Å²) < 4.78 is 7.74. The fourth-order valence-corrected chi connectivity index (χ4v) is 4.25. The molecule has 152 valence electrons. The van der Waals surface area contributed by atoms with E-state index in [9.17, 15) is 4.79 Å². The number of nitrogens with zero attached hydrogens (tertiary/aromatic N) is 3. The molecule has 3 aromatic rings. The van der Waals surface area contributed by atoms with Crippen LogP contribution in [0.4, 0.5) is 0 Å². The molecule has 0 radical (unpaired) electrons. The molecule has 5 heteroatoms. The summed E-state index contributed by atoms with van der Waals surface area (Å²) in [5.74, 6) is 1.59. The van der Waals surface area contributed by atoms with Crippen LogP contribution in [-0.4, -0.2) is 40.4 Å². The van der Waals surface area contributed by atoms with Gasteiger partial charge in [0.25, 0.3) is 0 Å². The third-order valence-electron chi connectivity index (χ3n) is 6.08. The van der Waals surface area contributed by atoms with Crippen molar-refractivity contribution in [2.24, 2.45) is 5.92 Å². The number of carbonyl (C=O) groups excluding carboxylic acids is 1. The first-order chi connectivity index (χ1) is 14.1. The van der Waals surface area contributed by atoms with Crippen molar-refractivity contribution in [3.63, 3.8) is 0 Å². The predicted octanol–water partition coefficient (Wildman–Crippen LogP) is 4.43. The lowest BCUT2D eigenvalue weighted by Gasteiger charge is -2.31. The van der Waals surface area contributed by atoms with E-state index in [-0.39, 0.29) is 11.8 Å². The molecule has 1 aliphatic heterocycles. The van der Waals surface area contributed by atoms with Gasteiger partial charge in [0.2, 0.25) is 5.91 Å². The van der Waals surface area contributed by atoms with E-state index < -0.39 is 0 Å². The smallest absolute Gasteiger partial charge is 0.223 e. The number of hydrogen-bond donors (Lipinski definition) is 0. The summed E-state index contributed by atoms with van der Waals surface area (Å²) in [5.41, 5.74) is 4.11. The van der Waals surface area contributed by atoms with Crippen molar-refractivity contribution in [3.8, 4) is 5.75 Å². The van der Waals surface area contributed by atoms with E-state index in [2.05, 4.69) is 41.4 Å². The summed E-state index contributed by atoms with van der Waals surface area (Å²) in [6, 6.07) is 12.1. The summed E-state index contributed by atoms with van der Waals surface area (Å²) in [7, 11) is 1.68. The van der Waals surface area contributed by atoms with Gasteiger partial charge in [0.05, 0.1) is 12.8 Å². The Balaban J connectivity index is 1.72. The third-order valence-corrected chi connectivity index (χ3v) is 6.08. The maximum Gasteiger partial charge on any atom is 0.223 e. The van der Waals surface area contributed by atoms with E-state index in [1.807, 2.05) is 35.5 Å². The van der Waals surface area contributed by atoms with Crippen molar-refractivity contribution in [2.75, 3.05) is 20.2 Å². The second-order valence-corrected chi connectivity index (χ2v) is 8.18. The molecule has 5 nitrogen and oxygen atoms in total. The van der Waals surface area contributed by atoms with Crippen LogP contribution in [0.25, 0.3) is 5.65 Å². The molecule has 3 heterocycles. The molecule has 1 unspecified atom stereocenters. The summed E-state index contributed by atoms with van der Waals surface area (Å²) in [5, 5.41) is 0. The summed E-state index contributed by atoms with van der Waals surface area (Å²) >= 11 is 0. The summed E-state index contributed by atoms with van der Waals surface area (Å²) in [6.07, 6.45) is 6.52. The van der Waals surface area contributed by atoms with Crippen molar-refractivity contribution >= 4 is 11.6 Å². The van der Waals surface area contributed by atoms with Gasteiger partial charge in [-0.05, 0) is 49.4 Å². The first kappa shape index (κ1) is 19.5. The van der Waals surface area contributed by atoms with Crippen LogP contribution in [0, 0.1) is 12.8 Å². The average Bonchev–Trinajstić information content (AvgIpc) is 3.15. The number of piperidine rings is 1. The highest BCUT2D eigenvalue weighted by Gasteiger charge is 2.28. The Morgan fingerprint density at radius 3 is 2.76 bits per heavy atom. The SMILES string of the molecule is COc1ccccc1C(CC(=O)N1CCC(C)CC1)c1cnc2cc(C)ccn12. The molecule has 0 aliphatic carbocycles. The normalized spacial score (nSPS) is 16.2. The van der Waals surface area contributed by atoms with E-state index >= 15 is 0 Å². The summed E-state index contributed by atoms with van der Waals surface area (Å²) in [4.78, 5) is 19.9. The Bertz CT molecular complexity index is 1000. The highest BCUT2D eigenvalue weighted by molar-refractivity contribution is 5.78. The molecular formula is C24H29N3O2. The second-order valence-electron chi connectivity index (χ2n) is 8.18. The molecule has 0 bridgehead atoms. The van der Waals surface area contributed by atoms with Crippen LogP contribution < -0.4 is 4.74 Å². The van der Waals surface area contributed by atoms with Crippen molar-refractivity contribution in [1.29, 1.82) is 0 Å². The Hall–Kier alpha value is -2.82. The zero-order valence-corrected chi connectivity index (χ0v) is 17.5. The first-order valence-corrected chi connectivity index (χ1v) is 10.4. The average molecular weight is 392 g/mol. The molecule has 0 saturated carbocycles. The number of para-hydroxylation sites is 1. The van der Waals surface area contributed by atoms with Gasteiger partial charge < -0.3 is 14.0 Å². The van der Waals surface area contributed by atoms with Gasteiger partial charge in [-0.3, -0.25) is 4.79 Å². The van der Waals surface area contributed by atoms with Gasteiger partial charge in [-0.2, -0.15) is 0 Å². The van der Waals surface area contributed by atoms with Crippen LogP contribution in [0.2, 0.25) is 0 Å². The molecule has 1 atom stereocenters. The third kappa shape index (κ3) is 4.00. The number of benzene rings is 1. The monoisotopic (exact) mass is 391 g/mol. The number of fused-ring (bicyclic) bond motifs is 1. The van der Waals surface area contributed by atoms with Crippen molar-refractivity contribution in [3.05, 3.63) is 65.6 Å². The van der Waals surface area contributed by atoms with Gasteiger partial charge in [-0.1, -0.05) is 25.1 Å². The molecule has 29 heavy (non-hydrogen) atoms. The molecule has 1 aromatic carbocycles. The van der Waals surface area contributed by atoms with Crippen molar-refractivity contribution in [1.82, 2.24) is 14.3 Å². The maximum absolute atomic E-state index is 13.2. The number of ether oxygens (including phenoxy) is 1. The highest BCUT2D eigenvalue weighted by atomic mass is 16.5. The van der Waals surface area contributed by atoms with Crippen LogP contribution >= 0.6 is 0 Å². The fraction of sp³-hybridized carbons (Fsp3) is 0.417. The van der Waals surface area contributed by atoms with E-state index in [0.29, 0.717) is 12.3 Å². The standard InChI is InChI=1S/C24H29N3O2/c1-17-8-11-26(12-9-17)24(28)15-20(19-6-4-5-7-22(19)29-3)21-16-25-23-14-18(2)10-13-27(21)23/h4-7,10,13-14,16-17,20H,8-9,11-12,15H2,1-3H3. The van der Waals surface area contributed by atoms with Crippen LogP contribution in [0.5, 0.6) is 5.75 Å². The minimum atomic E-state index is -0.115. The lowest BCUT2D eigenvalue weighted by molar-refractivity contribution is -0.132. The quantitative estimate of drug-likeness (QED) is 0.646. The fourth-order valence-electron chi connectivity index (χ4n) is 4.25. The van der Waals surface area contributed by atoms with Gasteiger partial charge >= 0.3 is 0 Å². The van der Waals surface area contributed by atoms with Crippen LogP contribution in [-0.2, 0) is 4.79 Å². The number of rotatable bonds is 5. The molecule has 1 aliphatic rings. The number of amides is 1. The lowest BCUT2D eigenvalue weighted by atomic mass is 9.90. The number of methoxy groups -OCH3 is 1. The van der Waals surface area contributed by atoms with Crippen molar-refractivity contribution in [2.45, 2.75) is 39.0 Å². The van der Waals surface area contributed by atoms with Crippen LogP contribution in [0.3, 0.4) is 0 Å². The zero-order chi connectivity index (χ0) is 20.4.